The number of ether oxygens (including phenoxy) is 1. The Morgan fingerprint density at radius 2 is 2.05 bits per heavy atom. The zero-order chi connectivity index (χ0) is 14.6. The largest absolute Gasteiger partial charge is 0.495 e. The number of nitrogens with zero attached hydrogens (tertiary/aromatic N) is 1. The Balaban J connectivity index is 2.23. The molecule has 1 fully saturated rings. The van der Waals surface area contributed by atoms with Crippen LogP contribution >= 0.6 is 0 Å². The van der Waals surface area contributed by atoms with Crippen LogP contribution < -0.4 is 19.7 Å². The standard InChI is InChI=1S/C13H21N3O3S/c1-3-20(17,18)15-11-4-5-12(13(10-11)19-2)16-8-6-14-7-9-16/h4-5,10,14-15H,3,6-9H2,1-2H3. The second kappa shape index (κ2) is 6.32. The molecule has 1 aromatic rings. The van der Waals surface area contributed by atoms with E-state index in [2.05, 4.69) is 14.9 Å². The maximum Gasteiger partial charge on any atom is 0.232 e. The van der Waals surface area contributed by atoms with Crippen LogP contribution in [0, 0.1) is 0 Å². The summed E-state index contributed by atoms with van der Waals surface area (Å²) in [5, 5.41) is 3.30. The van der Waals surface area contributed by atoms with E-state index in [1.807, 2.05) is 6.07 Å². The highest BCUT2D eigenvalue weighted by Gasteiger charge is 2.16. The van der Waals surface area contributed by atoms with Crippen molar-refractivity contribution in [3.8, 4) is 5.75 Å². The van der Waals surface area contributed by atoms with Crippen LogP contribution in [0.3, 0.4) is 0 Å². The number of methoxy groups -OCH3 is 1. The Labute approximate surface area is 120 Å². The van der Waals surface area contributed by atoms with Crippen LogP contribution in [0.2, 0.25) is 0 Å². The van der Waals surface area contributed by atoms with Gasteiger partial charge in [-0.05, 0) is 19.1 Å². The summed E-state index contributed by atoms with van der Waals surface area (Å²) in [4.78, 5) is 2.23. The third kappa shape index (κ3) is 3.55. The van der Waals surface area contributed by atoms with Crippen molar-refractivity contribution < 1.29 is 13.2 Å². The molecule has 0 unspecified atom stereocenters. The highest BCUT2D eigenvalue weighted by molar-refractivity contribution is 7.92. The predicted molar refractivity (Wildman–Crippen MR) is 81.2 cm³/mol. The zero-order valence-corrected chi connectivity index (χ0v) is 12.7. The van der Waals surface area contributed by atoms with Gasteiger partial charge in [0.15, 0.2) is 0 Å². The fourth-order valence-electron chi connectivity index (χ4n) is 2.16. The fourth-order valence-corrected chi connectivity index (χ4v) is 2.79. The van der Waals surface area contributed by atoms with E-state index in [0.717, 1.165) is 31.9 Å². The van der Waals surface area contributed by atoms with E-state index in [4.69, 9.17) is 4.74 Å². The number of sulfonamides is 1. The number of piperazine rings is 1. The minimum absolute atomic E-state index is 0.0505. The topological polar surface area (TPSA) is 70.7 Å². The van der Waals surface area contributed by atoms with Crippen molar-refractivity contribution in [3.05, 3.63) is 18.2 Å². The summed E-state index contributed by atoms with van der Waals surface area (Å²) >= 11 is 0. The minimum atomic E-state index is -3.26. The molecule has 20 heavy (non-hydrogen) atoms. The van der Waals surface area contributed by atoms with Crippen molar-refractivity contribution in [1.29, 1.82) is 0 Å². The van der Waals surface area contributed by atoms with Crippen LogP contribution in [0.5, 0.6) is 5.75 Å². The first-order chi connectivity index (χ1) is 9.55. The molecule has 2 N–H and O–H groups in total. The quantitative estimate of drug-likeness (QED) is 0.844. The van der Waals surface area contributed by atoms with Gasteiger partial charge in [-0.15, -0.1) is 0 Å². The van der Waals surface area contributed by atoms with Crippen LogP contribution in [0.1, 0.15) is 6.92 Å². The highest BCUT2D eigenvalue weighted by atomic mass is 32.2. The lowest BCUT2D eigenvalue weighted by atomic mass is 10.2. The van der Waals surface area contributed by atoms with Crippen LogP contribution in [-0.2, 0) is 10.0 Å². The summed E-state index contributed by atoms with van der Waals surface area (Å²) in [7, 11) is -1.67. The van der Waals surface area contributed by atoms with Gasteiger partial charge in [0.05, 0.1) is 24.2 Å². The monoisotopic (exact) mass is 299 g/mol. The van der Waals surface area contributed by atoms with Gasteiger partial charge in [-0.3, -0.25) is 4.72 Å². The average Bonchev–Trinajstić information content (AvgIpc) is 2.47. The number of benzene rings is 1. The predicted octanol–water partition coefficient (Wildman–Crippen LogP) is 0.866. The van der Waals surface area contributed by atoms with Crippen molar-refractivity contribution in [2.75, 3.05) is 48.7 Å². The molecule has 0 amide bonds. The average molecular weight is 299 g/mol. The van der Waals surface area contributed by atoms with E-state index >= 15 is 0 Å². The Morgan fingerprint density at radius 1 is 1.35 bits per heavy atom. The summed E-state index contributed by atoms with van der Waals surface area (Å²) in [6.07, 6.45) is 0. The van der Waals surface area contributed by atoms with Crippen molar-refractivity contribution in [3.63, 3.8) is 0 Å². The molecule has 1 saturated heterocycles. The fraction of sp³-hybridized carbons (Fsp3) is 0.538. The molecule has 0 bridgehead atoms. The summed E-state index contributed by atoms with van der Waals surface area (Å²) in [6, 6.07) is 5.40. The molecule has 0 aromatic heterocycles. The van der Waals surface area contributed by atoms with Gasteiger partial charge in [0.1, 0.15) is 5.75 Å². The lowest BCUT2D eigenvalue weighted by Gasteiger charge is -2.30. The SMILES string of the molecule is CCS(=O)(=O)Nc1ccc(N2CCNCC2)c(OC)c1. The molecule has 0 atom stereocenters. The number of nitrogens with one attached hydrogen (secondary N) is 2. The molecular formula is C13H21N3O3S. The van der Waals surface area contributed by atoms with E-state index in [0.29, 0.717) is 11.4 Å². The lowest BCUT2D eigenvalue weighted by molar-refractivity contribution is 0.413. The van der Waals surface area contributed by atoms with Crippen molar-refractivity contribution >= 4 is 21.4 Å². The van der Waals surface area contributed by atoms with E-state index in [-0.39, 0.29) is 5.75 Å². The van der Waals surface area contributed by atoms with E-state index < -0.39 is 10.0 Å². The Bertz CT molecular complexity index is 554. The van der Waals surface area contributed by atoms with Gasteiger partial charge in [0, 0.05) is 32.2 Å². The van der Waals surface area contributed by atoms with Crippen LogP contribution in [0.15, 0.2) is 18.2 Å². The summed E-state index contributed by atoms with van der Waals surface area (Å²) in [5.74, 6) is 0.734. The molecule has 112 valence electrons. The molecule has 0 saturated carbocycles. The number of rotatable bonds is 5. The van der Waals surface area contributed by atoms with Crippen molar-refractivity contribution in [2.24, 2.45) is 0 Å². The molecule has 2 rings (SSSR count). The zero-order valence-electron chi connectivity index (χ0n) is 11.8. The first-order valence-corrected chi connectivity index (χ1v) is 8.35. The summed E-state index contributed by atoms with van der Waals surface area (Å²) in [5.41, 5.74) is 1.52. The Hall–Kier alpha value is -1.47. The molecule has 7 heteroatoms. The molecule has 6 nitrogen and oxygen atoms in total. The molecule has 0 spiro atoms. The normalized spacial score (nSPS) is 16.0. The minimum Gasteiger partial charge on any atom is -0.495 e. The van der Waals surface area contributed by atoms with Crippen LogP contribution in [0.4, 0.5) is 11.4 Å². The molecular weight excluding hydrogens is 278 g/mol. The van der Waals surface area contributed by atoms with Gasteiger partial charge in [-0.25, -0.2) is 8.42 Å². The third-order valence-electron chi connectivity index (χ3n) is 3.29. The second-order valence-corrected chi connectivity index (χ2v) is 6.64. The molecule has 1 aromatic carbocycles. The lowest BCUT2D eigenvalue weighted by Crippen LogP contribution is -2.43. The number of anilines is 2. The molecule has 1 heterocycles. The molecule has 1 aliphatic rings. The van der Waals surface area contributed by atoms with Gasteiger partial charge < -0.3 is 15.0 Å². The molecule has 0 radical (unpaired) electrons. The first kappa shape index (κ1) is 14.9. The summed E-state index contributed by atoms with van der Waals surface area (Å²) in [6.45, 7) is 5.31. The highest BCUT2D eigenvalue weighted by Crippen LogP contribution is 2.31. The maximum absolute atomic E-state index is 11.6. The number of hydrogen-bond acceptors (Lipinski definition) is 5. The van der Waals surface area contributed by atoms with Gasteiger partial charge in [-0.1, -0.05) is 0 Å². The van der Waals surface area contributed by atoms with Gasteiger partial charge in [-0.2, -0.15) is 0 Å². The molecule has 1 aliphatic heterocycles. The maximum atomic E-state index is 11.6. The first-order valence-electron chi connectivity index (χ1n) is 6.70. The smallest absolute Gasteiger partial charge is 0.232 e. The summed E-state index contributed by atoms with van der Waals surface area (Å²) < 4.78 is 31.1. The van der Waals surface area contributed by atoms with Crippen molar-refractivity contribution in [1.82, 2.24) is 5.32 Å². The second-order valence-electron chi connectivity index (χ2n) is 4.63. The van der Waals surface area contributed by atoms with E-state index in [1.54, 1.807) is 26.2 Å². The van der Waals surface area contributed by atoms with E-state index in [1.165, 1.54) is 0 Å². The Morgan fingerprint density at radius 3 is 2.65 bits per heavy atom. The Kier molecular flexibility index (Phi) is 4.72. The van der Waals surface area contributed by atoms with Gasteiger partial charge in [0.25, 0.3) is 0 Å². The van der Waals surface area contributed by atoms with E-state index in [9.17, 15) is 8.42 Å². The van der Waals surface area contributed by atoms with Crippen molar-refractivity contribution in [2.45, 2.75) is 6.92 Å². The number of hydrogen-bond donors (Lipinski definition) is 2. The molecule has 0 aliphatic carbocycles. The van der Waals surface area contributed by atoms with Crippen LogP contribution in [-0.4, -0.2) is 47.5 Å². The van der Waals surface area contributed by atoms with Gasteiger partial charge >= 0.3 is 0 Å². The van der Waals surface area contributed by atoms with Gasteiger partial charge in [0.2, 0.25) is 10.0 Å². The third-order valence-corrected chi connectivity index (χ3v) is 4.60. The van der Waals surface area contributed by atoms with Crippen LogP contribution in [0.25, 0.3) is 0 Å².